The third-order valence-electron chi connectivity index (χ3n) is 3.62. The van der Waals surface area contributed by atoms with Crippen LogP contribution in [0.3, 0.4) is 0 Å². The molecule has 0 saturated heterocycles. The predicted molar refractivity (Wildman–Crippen MR) is 84.4 cm³/mol. The fourth-order valence-corrected chi connectivity index (χ4v) is 1.85. The molecule has 0 fully saturated rings. The highest BCUT2D eigenvalue weighted by atomic mass is 16.4. The summed E-state index contributed by atoms with van der Waals surface area (Å²) in [7, 11) is 0. The van der Waals surface area contributed by atoms with Gasteiger partial charge in [-0.2, -0.15) is 0 Å². The Balaban J connectivity index is 5.05. The first-order chi connectivity index (χ1) is 11.1. The molecule has 0 aliphatic heterocycles. The Bertz CT molecular complexity index is 470. The van der Waals surface area contributed by atoms with Gasteiger partial charge in [-0.25, -0.2) is 4.79 Å². The van der Waals surface area contributed by atoms with Crippen molar-refractivity contribution in [2.75, 3.05) is 6.61 Å². The fraction of sp³-hybridized carbons (Fsp3) is 0.714. The third kappa shape index (κ3) is 7.38. The molecule has 0 saturated carbocycles. The molecule has 0 radical (unpaired) electrons. The van der Waals surface area contributed by atoms with Crippen LogP contribution in [0.5, 0.6) is 0 Å². The Hall–Kier alpha value is -2.20. The van der Waals surface area contributed by atoms with Crippen LogP contribution in [0.25, 0.3) is 0 Å². The molecule has 0 rings (SSSR count). The van der Waals surface area contributed by atoms with Gasteiger partial charge in [0.25, 0.3) is 0 Å². The molecule has 138 valence electrons. The maximum Gasteiger partial charge on any atom is 0.326 e. The maximum absolute atomic E-state index is 12.3. The van der Waals surface area contributed by atoms with Crippen molar-refractivity contribution in [2.45, 2.75) is 51.2 Å². The van der Waals surface area contributed by atoms with Crippen molar-refractivity contribution in [3.05, 3.63) is 0 Å². The van der Waals surface area contributed by atoms with Crippen molar-refractivity contribution in [2.24, 2.45) is 17.4 Å². The van der Waals surface area contributed by atoms with E-state index in [-0.39, 0.29) is 18.8 Å². The van der Waals surface area contributed by atoms with E-state index in [0.29, 0.717) is 6.42 Å². The molecule has 4 atom stereocenters. The summed E-state index contributed by atoms with van der Waals surface area (Å²) in [4.78, 5) is 46.1. The van der Waals surface area contributed by atoms with Crippen LogP contribution in [-0.2, 0) is 19.2 Å². The Morgan fingerprint density at radius 1 is 1.12 bits per heavy atom. The van der Waals surface area contributed by atoms with E-state index in [1.165, 1.54) is 0 Å². The SMILES string of the molecule is CC[C@H](C)[C@H](NC(=O)[C@@H](N)CO)C(=O)N[C@@H](CCC(N)=O)C(=O)O. The monoisotopic (exact) mass is 346 g/mol. The van der Waals surface area contributed by atoms with Crippen molar-refractivity contribution in [3.63, 3.8) is 0 Å². The molecular weight excluding hydrogens is 320 g/mol. The minimum absolute atomic E-state index is 0.159. The highest BCUT2D eigenvalue weighted by Crippen LogP contribution is 2.09. The number of aliphatic hydroxyl groups excluding tert-OH is 1. The Morgan fingerprint density at radius 2 is 1.71 bits per heavy atom. The molecule has 0 aromatic carbocycles. The van der Waals surface area contributed by atoms with Gasteiger partial charge in [0, 0.05) is 6.42 Å². The second kappa shape index (κ2) is 10.6. The molecule has 0 aromatic heterocycles. The van der Waals surface area contributed by atoms with Crippen molar-refractivity contribution in [3.8, 4) is 0 Å². The van der Waals surface area contributed by atoms with Gasteiger partial charge in [-0.05, 0) is 12.3 Å². The summed E-state index contributed by atoms with van der Waals surface area (Å²) >= 11 is 0. The lowest BCUT2D eigenvalue weighted by molar-refractivity contribution is -0.142. The van der Waals surface area contributed by atoms with E-state index in [2.05, 4.69) is 10.6 Å². The molecule has 10 heteroatoms. The van der Waals surface area contributed by atoms with Crippen molar-refractivity contribution in [1.29, 1.82) is 0 Å². The van der Waals surface area contributed by atoms with Crippen molar-refractivity contribution in [1.82, 2.24) is 10.6 Å². The van der Waals surface area contributed by atoms with Crippen LogP contribution >= 0.6 is 0 Å². The van der Waals surface area contributed by atoms with E-state index < -0.39 is 48.4 Å². The van der Waals surface area contributed by atoms with E-state index in [4.69, 9.17) is 21.7 Å². The topological polar surface area (TPSA) is 185 Å². The van der Waals surface area contributed by atoms with Crippen LogP contribution in [0.1, 0.15) is 33.1 Å². The van der Waals surface area contributed by atoms with E-state index in [0.717, 1.165) is 0 Å². The van der Waals surface area contributed by atoms with Gasteiger partial charge < -0.3 is 32.3 Å². The van der Waals surface area contributed by atoms with Gasteiger partial charge in [-0.1, -0.05) is 20.3 Å². The van der Waals surface area contributed by atoms with Gasteiger partial charge in [0.05, 0.1) is 6.61 Å². The lowest BCUT2D eigenvalue weighted by Gasteiger charge is -2.26. The number of amides is 3. The number of carboxylic acid groups (broad SMARTS) is 1. The Kier molecular flexibility index (Phi) is 9.58. The molecule has 10 nitrogen and oxygen atoms in total. The molecule has 8 N–H and O–H groups in total. The molecule has 0 spiro atoms. The number of primary amides is 1. The number of aliphatic carboxylic acids is 1. The molecule has 0 unspecified atom stereocenters. The first kappa shape index (κ1) is 21.8. The average Bonchev–Trinajstić information content (AvgIpc) is 2.53. The maximum atomic E-state index is 12.3. The smallest absolute Gasteiger partial charge is 0.326 e. The molecule has 0 aliphatic rings. The summed E-state index contributed by atoms with van der Waals surface area (Å²) in [5.74, 6) is -3.73. The number of nitrogens with two attached hydrogens (primary N) is 2. The Morgan fingerprint density at radius 3 is 2.12 bits per heavy atom. The van der Waals surface area contributed by atoms with Crippen LogP contribution in [0.4, 0.5) is 0 Å². The van der Waals surface area contributed by atoms with Gasteiger partial charge in [0.15, 0.2) is 0 Å². The zero-order valence-electron chi connectivity index (χ0n) is 13.8. The van der Waals surface area contributed by atoms with Gasteiger partial charge >= 0.3 is 5.97 Å². The summed E-state index contributed by atoms with van der Waals surface area (Å²) in [6, 6.07) is -3.51. The van der Waals surface area contributed by atoms with Crippen LogP contribution in [-0.4, -0.2) is 58.6 Å². The number of aliphatic hydroxyl groups is 1. The predicted octanol–water partition coefficient (Wildman–Crippen LogP) is -2.33. The van der Waals surface area contributed by atoms with Gasteiger partial charge in [0.1, 0.15) is 18.1 Å². The number of carbonyl (C=O) groups excluding carboxylic acids is 3. The van der Waals surface area contributed by atoms with Crippen LogP contribution in [0, 0.1) is 5.92 Å². The summed E-state index contributed by atoms with van der Waals surface area (Å²) in [5.41, 5.74) is 10.4. The van der Waals surface area contributed by atoms with Gasteiger partial charge in [-0.3, -0.25) is 14.4 Å². The van der Waals surface area contributed by atoms with Gasteiger partial charge in [0.2, 0.25) is 17.7 Å². The molecule has 24 heavy (non-hydrogen) atoms. The highest BCUT2D eigenvalue weighted by Gasteiger charge is 2.30. The zero-order valence-corrected chi connectivity index (χ0v) is 13.8. The van der Waals surface area contributed by atoms with E-state index in [9.17, 15) is 19.2 Å². The Labute approximate surface area is 139 Å². The van der Waals surface area contributed by atoms with Crippen LogP contribution in [0.2, 0.25) is 0 Å². The minimum atomic E-state index is -1.31. The quantitative estimate of drug-likeness (QED) is 0.242. The highest BCUT2D eigenvalue weighted by molar-refractivity contribution is 5.92. The standard InChI is InChI=1S/C14H26N4O6/c1-3-7(2)11(18-12(21)8(15)6-19)13(22)17-9(14(23)24)4-5-10(16)20/h7-9,11,19H,3-6,15H2,1-2H3,(H2,16,20)(H,17,22)(H,18,21)(H,23,24)/t7-,8-,9-,11-/m0/s1. The fourth-order valence-electron chi connectivity index (χ4n) is 1.85. The largest absolute Gasteiger partial charge is 0.480 e. The van der Waals surface area contributed by atoms with Crippen LogP contribution in [0.15, 0.2) is 0 Å². The summed E-state index contributed by atoms with van der Waals surface area (Å²) in [6.07, 6.45) is 0.173. The minimum Gasteiger partial charge on any atom is -0.480 e. The summed E-state index contributed by atoms with van der Waals surface area (Å²) in [6.45, 7) is 2.91. The number of hydrogen-bond donors (Lipinski definition) is 6. The third-order valence-corrected chi connectivity index (χ3v) is 3.62. The van der Waals surface area contributed by atoms with E-state index >= 15 is 0 Å². The van der Waals surface area contributed by atoms with Crippen molar-refractivity contribution < 1.29 is 29.4 Å². The van der Waals surface area contributed by atoms with Crippen molar-refractivity contribution >= 4 is 23.7 Å². The molecule has 0 aromatic rings. The summed E-state index contributed by atoms with van der Waals surface area (Å²) < 4.78 is 0. The second-order valence-electron chi connectivity index (χ2n) is 5.57. The average molecular weight is 346 g/mol. The van der Waals surface area contributed by atoms with E-state index in [1.54, 1.807) is 13.8 Å². The first-order valence-electron chi connectivity index (χ1n) is 7.62. The molecule has 3 amide bonds. The molecule has 0 aliphatic carbocycles. The molecular formula is C14H26N4O6. The second-order valence-corrected chi connectivity index (χ2v) is 5.57. The first-order valence-corrected chi connectivity index (χ1v) is 7.62. The molecule has 0 bridgehead atoms. The summed E-state index contributed by atoms with van der Waals surface area (Å²) in [5, 5.41) is 22.7. The lowest BCUT2D eigenvalue weighted by Crippen LogP contribution is -2.57. The number of hydrogen-bond acceptors (Lipinski definition) is 6. The lowest BCUT2D eigenvalue weighted by atomic mass is 9.97. The number of carbonyl (C=O) groups is 4. The number of nitrogens with one attached hydrogen (secondary N) is 2. The van der Waals surface area contributed by atoms with Crippen LogP contribution < -0.4 is 22.1 Å². The number of carboxylic acids is 1. The molecule has 0 heterocycles. The van der Waals surface area contributed by atoms with Gasteiger partial charge in [-0.15, -0.1) is 0 Å². The number of rotatable bonds is 11. The zero-order chi connectivity index (χ0) is 18.9. The van der Waals surface area contributed by atoms with E-state index in [1.807, 2.05) is 0 Å². The normalized spacial score (nSPS) is 15.7.